The van der Waals surface area contributed by atoms with Crippen molar-refractivity contribution in [3.05, 3.63) is 57.6 Å². The summed E-state index contributed by atoms with van der Waals surface area (Å²) >= 11 is 11.5. The van der Waals surface area contributed by atoms with Gasteiger partial charge in [0, 0.05) is 5.69 Å². The van der Waals surface area contributed by atoms with Gasteiger partial charge >= 0.3 is 0 Å². The van der Waals surface area contributed by atoms with E-state index >= 15 is 0 Å². The van der Waals surface area contributed by atoms with Crippen LogP contribution in [0.2, 0.25) is 10.0 Å². The summed E-state index contributed by atoms with van der Waals surface area (Å²) in [5, 5.41) is 2.91. The molecule has 0 aliphatic rings. The van der Waals surface area contributed by atoms with E-state index in [0.29, 0.717) is 10.7 Å². The summed E-state index contributed by atoms with van der Waals surface area (Å²) < 4.78 is 26.8. The van der Waals surface area contributed by atoms with E-state index in [4.69, 9.17) is 28.9 Å². The number of nitrogen functional groups attached to an aromatic ring is 1. The van der Waals surface area contributed by atoms with Crippen LogP contribution in [0, 0.1) is 11.6 Å². The highest BCUT2D eigenvalue weighted by molar-refractivity contribution is 6.42. The fourth-order valence-electron chi connectivity index (χ4n) is 1.55. The SMILES string of the molecule is Nc1cc(F)cc(C(=O)Nc2ccc(Cl)c(Cl)c2)c1F. The number of hydrogen-bond donors (Lipinski definition) is 2. The maximum atomic E-state index is 13.7. The van der Waals surface area contributed by atoms with Crippen molar-refractivity contribution in [3.8, 4) is 0 Å². The van der Waals surface area contributed by atoms with Gasteiger partial charge in [-0.3, -0.25) is 4.79 Å². The van der Waals surface area contributed by atoms with E-state index < -0.39 is 28.8 Å². The molecular formula is C13H8Cl2F2N2O. The van der Waals surface area contributed by atoms with E-state index in [1.165, 1.54) is 18.2 Å². The van der Waals surface area contributed by atoms with Gasteiger partial charge in [0.2, 0.25) is 0 Å². The van der Waals surface area contributed by atoms with Crippen LogP contribution in [0.4, 0.5) is 20.2 Å². The summed E-state index contributed by atoms with van der Waals surface area (Å²) in [6.45, 7) is 0. The lowest BCUT2D eigenvalue weighted by Gasteiger charge is -2.08. The zero-order valence-electron chi connectivity index (χ0n) is 9.88. The van der Waals surface area contributed by atoms with E-state index in [0.717, 1.165) is 12.1 Å². The van der Waals surface area contributed by atoms with Gasteiger partial charge in [-0.1, -0.05) is 23.2 Å². The fourth-order valence-corrected chi connectivity index (χ4v) is 1.85. The fraction of sp³-hybridized carbons (Fsp3) is 0. The van der Waals surface area contributed by atoms with Crippen LogP contribution >= 0.6 is 23.2 Å². The van der Waals surface area contributed by atoms with Gasteiger partial charge in [-0.15, -0.1) is 0 Å². The van der Waals surface area contributed by atoms with Gasteiger partial charge in [0.05, 0.1) is 21.3 Å². The molecule has 3 N–H and O–H groups in total. The molecule has 0 aliphatic heterocycles. The molecule has 1 amide bonds. The molecule has 0 aliphatic carbocycles. The van der Waals surface area contributed by atoms with Crippen LogP contribution in [0.25, 0.3) is 0 Å². The molecule has 0 radical (unpaired) electrons. The molecule has 0 atom stereocenters. The average Bonchev–Trinajstić information content (AvgIpc) is 2.38. The van der Waals surface area contributed by atoms with Crippen molar-refractivity contribution in [3.63, 3.8) is 0 Å². The highest BCUT2D eigenvalue weighted by Gasteiger charge is 2.16. The van der Waals surface area contributed by atoms with Crippen LogP contribution in [0.15, 0.2) is 30.3 Å². The maximum absolute atomic E-state index is 13.7. The van der Waals surface area contributed by atoms with E-state index in [1.54, 1.807) is 0 Å². The second-order valence-electron chi connectivity index (χ2n) is 3.94. The Morgan fingerprint density at radius 1 is 1.10 bits per heavy atom. The second-order valence-corrected chi connectivity index (χ2v) is 4.75. The lowest BCUT2D eigenvalue weighted by molar-refractivity contribution is 0.102. The summed E-state index contributed by atoms with van der Waals surface area (Å²) in [5.41, 5.74) is 4.63. The predicted octanol–water partition coefficient (Wildman–Crippen LogP) is 4.11. The Hall–Kier alpha value is -1.85. The molecule has 2 aromatic carbocycles. The van der Waals surface area contributed by atoms with E-state index in [1.807, 2.05) is 0 Å². The molecule has 20 heavy (non-hydrogen) atoms. The summed E-state index contributed by atoms with van der Waals surface area (Å²) in [4.78, 5) is 11.9. The highest BCUT2D eigenvalue weighted by atomic mass is 35.5. The zero-order chi connectivity index (χ0) is 14.9. The van der Waals surface area contributed by atoms with E-state index in [2.05, 4.69) is 5.32 Å². The van der Waals surface area contributed by atoms with E-state index in [9.17, 15) is 13.6 Å². The number of halogens is 4. The molecule has 3 nitrogen and oxygen atoms in total. The first kappa shape index (κ1) is 14.6. The summed E-state index contributed by atoms with van der Waals surface area (Å²) in [6.07, 6.45) is 0. The third-order valence-corrected chi connectivity index (χ3v) is 3.23. The summed E-state index contributed by atoms with van der Waals surface area (Å²) in [7, 11) is 0. The number of anilines is 2. The molecule has 0 unspecified atom stereocenters. The number of benzene rings is 2. The van der Waals surface area contributed by atoms with Gasteiger partial charge in [0.1, 0.15) is 5.82 Å². The molecule has 2 aromatic rings. The van der Waals surface area contributed by atoms with Crippen LogP contribution < -0.4 is 11.1 Å². The molecule has 0 fully saturated rings. The van der Waals surface area contributed by atoms with Crippen LogP contribution in [-0.4, -0.2) is 5.91 Å². The summed E-state index contributed by atoms with van der Waals surface area (Å²) in [6, 6.07) is 5.90. The van der Waals surface area contributed by atoms with Gasteiger partial charge in [0.25, 0.3) is 5.91 Å². The second kappa shape index (κ2) is 5.64. The average molecular weight is 317 g/mol. The van der Waals surface area contributed by atoms with Gasteiger partial charge in [-0.05, 0) is 30.3 Å². The number of nitrogens with one attached hydrogen (secondary N) is 1. The minimum atomic E-state index is -0.982. The number of amides is 1. The van der Waals surface area contributed by atoms with Gasteiger partial charge in [0.15, 0.2) is 5.82 Å². The molecule has 0 aromatic heterocycles. The number of nitrogens with two attached hydrogens (primary N) is 1. The lowest BCUT2D eigenvalue weighted by Crippen LogP contribution is -2.15. The number of carbonyl (C=O) groups excluding carboxylic acids is 1. The predicted molar refractivity (Wildman–Crippen MR) is 75.2 cm³/mol. The topological polar surface area (TPSA) is 55.1 Å². The first-order chi connectivity index (χ1) is 9.38. The molecule has 7 heteroatoms. The van der Waals surface area contributed by atoms with Crippen LogP contribution in [-0.2, 0) is 0 Å². The molecule has 0 spiro atoms. The van der Waals surface area contributed by atoms with E-state index in [-0.39, 0.29) is 5.02 Å². The minimum absolute atomic E-state index is 0.226. The van der Waals surface area contributed by atoms with Crippen molar-refractivity contribution < 1.29 is 13.6 Å². The molecule has 0 saturated carbocycles. The molecular weight excluding hydrogens is 309 g/mol. The number of rotatable bonds is 2. The Kier molecular flexibility index (Phi) is 4.11. The molecule has 104 valence electrons. The van der Waals surface area contributed by atoms with Crippen LogP contribution in [0.5, 0.6) is 0 Å². The maximum Gasteiger partial charge on any atom is 0.258 e. The highest BCUT2D eigenvalue weighted by Crippen LogP contribution is 2.26. The van der Waals surface area contributed by atoms with Gasteiger partial charge in [-0.25, -0.2) is 8.78 Å². The number of hydrogen-bond acceptors (Lipinski definition) is 2. The van der Waals surface area contributed by atoms with Crippen LogP contribution in [0.3, 0.4) is 0 Å². The van der Waals surface area contributed by atoms with Crippen molar-refractivity contribution >= 4 is 40.5 Å². The molecule has 2 rings (SSSR count). The summed E-state index contributed by atoms with van der Waals surface area (Å²) in [5.74, 6) is -2.63. The largest absolute Gasteiger partial charge is 0.396 e. The first-order valence-corrected chi connectivity index (χ1v) is 6.15. The molecule has 0 bridgehead atoms. The zero-order valence-corrected chi connectivity index (χ0v) is 11.4. The van der Waals surface area contributed by atoms with Crippen LogP contribution in [0.1, 0.15) is 10.4 Å². The lowest BCUT2D eigenvalue weighted by atomic mass is 10.1. The minimum Gasteiger partial charge on any atom is -0.396 e. The Balaban J connectivity index is 2.30. The third-order valence-electron chi connectivity index (χ3n) is 2.49. The van der Waals surface area contributed by atoms with Crippen molar-refractivity contribution in [2.45, 2.75) is 0 Å². The number of carbonyl (C=O) groups is 1. The Morgan fingerprint density at radius 2 is 1.80 bits per heavy atom. The quantitative estimate of drug-likeness (QED) is 0.819. The Labute approximate surface area is 123 Å². The Morgan fingerprint density at radius 3 is 2.45 bits per heavy atom. The molecule has 0 heterocycles. The standard InChI is InChI=1S/C13H8Cl2F2N2O/c14-9-2-1-7(5-10(9)15)19-13(20)8-3-6(16)4-11(18)12(8)17/h1-5H,18H2,(H,19,20). The van der Waals surface area contributed by atoms with Gasteiger partial charge < -0.3 is 11.1 Å². The van der Waals surface area contributed by atoms with Crippen molar-refractivity contribution in [1.82, 2.24) is 0 Å². The monoisotopic (exact) mass is 316 g/mol. The smallest absolute Gasteiger partial charge is 0.258 e. The van der Waals surface area contributed by atoms with Gasteiger partial charge in [-0.2, -0.15) is 0 Å². The van der Waals surface area contributed by atoms with Crippen molar-refractivity contribution in [1.29, 1.82) is 0 Å². The normalized spacial score (nSPS) is 10.4. The Bertz CT molecular complexity index is 692. The third kappa shape index (κ3) is 3.00. The van der Waals surface area contributed by atoms with Crippen molar-refractivity contribution in [2.75, 3.05) is 11.1 Å². The first-order valence-electron chi connectivity index (χ1n) is 5.39. The van der Waals surface area contributed by atoms with Crippen molar-refractivity contribution in [2.24, 2.45) is 0 Å². The molecule has 0 saturated heterocycles.